The van der Waals surface area contributed by atoms with Gasteiger partial charge in [-0.05, 0) is 38.1 Å². The Labute approximate surface area is 122 Å². The lowest BCUT2D eigenvalue weighted by Crippen LogP contribution is -2.57. The third kappa shape index (κ3) is 2.73. The minimum absolute atomic E-state index is 0.232. The van der Waals surface area contributed by atoms with Crippen molar-refractivity contribution in [2.24, 2.45) is 11.8 Å². The highest BCUT2D eigenvalue weighted by molar-refractivity contribution is 5.81. The number of rotatable bonds is 1. The van der Waals surface area contributed by atoms with Gasteiger partial charge in [-0.15, -0.1) is 0 Å². The molecule has 0 aromatic carbocycles. The molecule has 20 heavy (non-hydrogen) atoms. The summed E-state index contributed by atoms with van der Waals surface area (Å²) in [5.41, 5.74) is 0. The van der Waals surface area contributed by atoms with Gasteiger partial charge in [0.2, 0.25) is 0 Å². The van der Waals surface area contributed by atoms with Crippen LogP contribution in [-0.2, 0) is 9.53 Å². The van der Waals surface area contributed by atoms with Crippen LogP contribution < -0.4 is 0 Å². The zero-order chi connectivity index (χ0) is 14.1. The first kappa shape index (κ1) is 14.3. The Morgan fingerprint density at radius 1 is 1.15 bits per heavy atom. The van der Waals surface area contributed by atoms with Gasteiger partial charge in [0.1, 0.15) is 6.10 Å². The number of morpholine rings is 1. The third-order valence-corrected chi connectivity index (χ3v) is 5.57. The van der Waals surface area contributed by atoms with E-state index in [1.165, 1.54) is 25.7 Å². The van der Waals surface area contributed by atoms with Crippen molar-refractivity contribution in [1.82, 2.24) is 9.80 Å². The molecule has 3 fully saturated rings. The lowest BCUT2D eigenvalue weighted by molar-refractivity contribution is -0.156. The second kappa shape index (κ2) is 6.02. The molecule has 1 amide bonds. The van der Waals surface area contributed by atoms with E-state index in [-0.39, 0.29) is 12.0 Å². The molecule has 0 aromatic rings. The van der Waals surface area contributed by atoms with E-state index in [4.69, 9.17) is 4.74 Å². The molecule has 4 atom stereocenters. The standard InChI is InChI=1S/C16H28N2O2/c1-12-7-8-18(14-6-4-3-5-13(12)14)16(19)15-11-17(2)9-10-20-15/h12-15H,3-11H2,1-2H3. The summed E-state index contributed by atoms with van der Waals surface area (Å²) in [5.74, 6) is 1.75. The highest BCUT2D eigenvalue weighted by Gasteiger charge is 2.41. The normalized spacial score (nSPS) is 39.4. The van der Waals surface area contributed by atoms with E-state index in [2.05, 4.69) is 23.8 Å². The Morgan fingerprint density at radius 3 is 2.75 bits per heavy atom. The fourth-order valence-corrected chi connectivity index (χ4v) is 4.30. The summed E-state index contributed by atoms with van der Waals surface area (Å²) in [7, 11) is 2.07. The van der Waals surface area contributed by atoms with E-state index in [0.29, 0.717) is 12.6 Å². The SMILES string of the molecule is CC1CCN(C(=O)C2CN(C)CCO2)C2CCCCC12. The minimum Gasteiger partial charge on any atom is -0.366 e. The molecule has 3 rings (SSSR count). The molecule has 1 saturated carbocycles. The molecule has 0 N–H and O–H groups in total. The molecular weight excluding hydrogens is 252 g/mol. The van der Waals surface area contributed by atoms with E-state index in [0.717, 1.165) is 37.9 Å². The van der Waals surface area contributed by atoms with E-state index in [1.54, 1.807) is 0 Å². The van der Waals surface area contributed by atoms with Crippen LogP contribution in [0.25, 0.3) is 0 Å². The smallest absolute Gasteiger partial charge is 0.253 e. The van der Waals surface area contributed by atoms with Crippen LogP contribution in [0, 0.1) is 11.8 Å². The fraction of sp³-hybridized carbons (Fsp3) is 0.938. The van der Waals surface area contributed by atoms with Crippen LogP contribution in [0.15, 0.2) is 0 Å². The zero-order valence-electron chi connectivity index (χ0n) is 12.9. The van der Waals surface area contributed by atoms with E-state index < -0.39 is 0 Å². The molecule has 2 heterocycles. The maximum absolute atomic E-state index is 12.8. The topological polar surface area (TPSA) is 32.8 Å². The number of fused-ring (bicyclic) bond motifs is 1. The number of hydrogen-bond donors (Lipinski definition) is 0. The predicted molar refractivity (Wildman–Crippen MR) is 78.5 cm³/mol. The summed E-state index contributed by atoms with van der Waals surface area (Å²) in [6.45, 7) is 5.68. The van der Waals surface area contributed by atoms with Gasteiger partial charge in [-0.25, -0.2) is 0 Å². The molecule has 0 bridgehead atoms. The lowest BCUT2D eigenvalue weighted by Gasteiger charge is -2.48. The molecule has 3 aliphatic rings. The summed E-state index contributed by atoms with van der Waals surface area (Å²) in [4.78, 5) is 17.2. The molecule has 0 spiro atoms. The quantitative estimate of drug-likeness (QED) is 0.733. The maximum Gasteiger partial charge on any atom is 0.253 e. The Bertz CT molecular complexity index is 360. The highest BCUT2D eigenvalue weighted by Crippen LogP contribution is 2.39. The number of nitrogens with zero attached hydrogens (tertiary/aromatic N) is 2. The van der Waals surface area contributed by atoms with Crippen LogP contribution in [0.5, 0.6) is 0 Å². The van der Waals surface area contributed by atoms with Crippen molar-refractivity contribution >= 4 is 5.91 Å². The van der Waals surface area contributed by atoms with Gasteiger partial charge >= 0.3 is 0 Å². The summed E-state index contributed by atoms with van der Waals surface area (Å²) in [6, 6.07) is 0.482. The van der Waals surface area contributed by atoms with Gasteiger partial charge in [-0.2, -0.15) is 0 Å². The Hall–Kier alpha value is -0.610. The van der Waals surface area contributed by atoms with Gasteiger partial charge in [0, 0.05) is 25.7 Å². The first-order chi connectivity index (χ1) is 9.66. The average Bonchev–Trinajstić information content (AvgIpc) is 2.47. The van der Waals surface area contributed by atoms with Crippen molar-refractivity contribution in [3.63, 3.8) is 0 Å². The van der Waals surface area contributed by atoms with Crippen LogP contribution in [0.2, 0.25) is 0 Å². The molecular formula is C16H28N2O2. The number of amides is 1. The van der Waals surface area contributed by atoms with Gasteiger partial charge in [-0.1, -0.05) is 19.8 Å². The first-order valence-electron chi connectivity index (χ1n) is 8.27. The van der Waals surface area contributed by atoms with Gasteiger partial charge in [0.15, 0.2) is 0 Å². The molecule has 1 aliphatic carbocycles. The molecule has 114 valence electrons. The summed E-state index contributed by atoms with van der Waals surface area (Å²) >= 11 is 0. The second-order valence-corrected chi connectivity index (χ2v) is 6.93. The van der Waals surface area contributed by atoms with E-state index in [9.17, 15) is 4.79 Å². The number of carbonyl (C=O) groups is 1. The van der Waals surface area contributed by atoms with Gasteiger partial charge in [0.05, 0.1) is 6.61 Å². The number of likely N-dealkylation sites (N-methyl/N-ethyl adjacent to an activating group) is 1. The molecule has 0 aromatic heterocycles. The van der Waals surface area contributed by atoms with Crippen molar-refractivity contribution in [1.29, 1.82) is 0 Å². The monoisotopic (exact) mass is 280 g/mol. The Kier molecular flexibility index (Phi) is 4.32. The van der Waals surface area contributed by atoms with Crippen LogP contribution in [0.3, 0.4) is 0 Å². The van der Waals surface area contributed by atoms with Crippen LogP contribution in [0.4, 0.5) is 0 Å². The highest BCUT2D eigenvalue weighted by atomic mass is 16.5. The third-order valence-electron chi connectivity index (χ3n) is 5.57. The number of hydrogen-bond acceptors (Lipinski definition) is 3. The van der Waals surface area contributed by atoms with Crippen LogP contribution in [-0.4, -0.2) is 61.1 Å². The predicted octanol–water partition coefficient (Wildman–Crippen LogP) is 1.74. The van der Waals surface area contributed by atoms with Crippen molar-refractivity contribution in [2.75, 3.05) is 33.3 Å². The fourth-order valence-electron chi connectivity index (χ4n) is 4.30. The van der Waals surface area contributed by atoms with Gasteiger partial charge in [0.25, 0.3) is 5.91 Å². The zero-order valence-corrected chi connectivity index (χ0v) is 12.9. The van der Waals surface area contributed by atoms with Crippen LogP contribution >= 0.6 is 0 Å². The van der Waals surface area contributed by atoms with E-state index in [1.807, 2.05) is 0 Å². The molecule has 4 nitrogen and oxygen atoms in total. The summed E-state index contributed by atoms with van der Waals surface area (Å²) in [6.07, 6.45) is 6.06. The molecule has 0 radical (unpaired) electrons. The van der Waals surface area contributed by atoms with Crippen molar-refractivity contribution in [3.05, 3.63) is 0 Å². The average molecular weight is 280 g/mol. The van der Waals surface area contributed by atoms with Crippen molar-refractivity contribution < 1.29 is 9.53 Å². The van der Waals surface area contributed by atoms with Crippen molar-refractivity contribution in [3.8, 4) is 0 Å². The minimum atomic E-state index is -0.232. The van der Waals surface area contributed by atoms with Gasteiger partial charge in [-0.3, -0.25) is 4.79 Å². The van der Waals surface area contributed by atoms with Crippen molar-refractivity contribution in [2.45, 2.75) is 51.2 Å². The van der Waals surface area contributed by atoms with E-state index >= 15 is 0 Å². The van der Waals surface area contributed by atoms with Gasteiger partial charge < -0.3 is 14.5 Å². The summed E-state index contributed by atoms with van der Waals surface area (Å²) < 4.78 is 5.74. The Balaban J connectivity index is 1.70. The molecule has 4 heteroatoms. The second-order valence-electron chi connectivity index (χ2n) is 6.93. The lowest BCUT2D eigenvalue weighted by atomic mass is 9.72. The first-order valence-corrected chi connectivity index (χ1v) is 8.27. The number of piperidine rings is 1. The number of likely N-dealkylation sites (tertiary alicyclic amines) is 1. The molecule has 4 unspecified atom stereocenters. The Morgan fingerprint density at radius 2 is 1.95 bits per heavy atom. The molecule has 2 saturated heterocycles. The maximum atomic E-state index is 12.8. The largest absolute Gasteiger partial charge is 0.366 e. The number of carbonyl (C=O) groups excluding carboxylic acids is 1. The summed E-state index contributed by atoms with van der Waals surface area (Å²) in [5, 5.41) is 0. The van der Waals surface area contributed by atoms with Crippen LogP contribution in [0.1, 0.15) is 39.0 Å². The number of ether oxygens (including phenoxy) is 1. The molecule has 2 aliphatic heterocycles.